The van der Waals surface area contributed by atoms with E-state index in [-0.39, 0.29) is 55.1 Å². The summed E-state index contributed by atoms with van der Waals surface area (Å²) in [6, 6.07) is 0. The SMILES string of the molecule is CC(C)CC(=O)CC(C)(O)C1CCC2C3CC(OC4OC(C)C(O)C(OC5OCC(OC6OC(CO)C(OC7OC(CO)C(O)C(O)C7O)C(O)C6OC6OC(C)C(O)C(O)C6O)C(O)C5OC5OC(C)C(O)C(O)C5O)C4O)C4CC(OS(=O)(=O)O)CCC4(C)C3=CCC21C. The van der Waals surface area contributed by atoms with E-state index in [9.17, 15) is 99.5 Å². The molecule has 17 N–H and O–H groups in total. The highest BCUT2D eigenvalue weighted by atomic mass is 32.3. The van der Waals surface area contributed by atoms with Crippen molar-refractivity contribution in [1.82, 2.24) is 0 Å². The van der Waals surface area contributed by atoms with Gasteiger partial charge in [0.2, 0.25) is 0 Å². The van der Waals surface area contributed by atoms with Gasteiger partial charge in [0.1, 0.15) is 128 Å². The van der Waals surface area contributed by atoms with Crippen LogP contribution >= 0.6 is 0 Å². The fraction of sp³-hybridized carbons (Fsp3) is 0.952. The molecule has 3 saturated carbocycles. The minimum Gasteiger partial charge on any atom is -0.394 e. The van der Waals surface area contributed by atoms with Crippen molar-refractivity contribution in [2.45, 2.75) is 309 Å². The monoisotopic (exact) mass is 1410 g/mol. The Morgan fingerprint density at radius 1 is 0.573 bits per heavy atom. The minimum atomic E-state index is -4.92. The molecule has 0 aromatic carbocycles. The molecule has 0 aromatic rings. The van der Waals surface area contributed by atoms with Crippen LogP contribution in [0.25, 0.3) is 0 Å². The van der Waals surface area contributed by atoms with Crippen molar-refractivity contribution >= 4 is 16.2 Å². The van der Waals surface area contributed by atoms with Crippen molar-refractivity contribution in [2.24, 2.45) is 40.4 Å². The lowest BCUT2D eigenvalue weighted by molar-refractivity contribution is -0.406. The molecule has 9 fully saturated rings. The summed E-state index contributed by atoms with van der Waals surface area (Å²) in [5.41, 5.74) is -1.38. The van der Waals surface area contributed by atoms with Gasteiger partial charge in [0.05, 0.1) is 55.9 Å². The summed E-state index contributed by atoms with van der Waals surface area (Å²) in [7, 11) is -4.92. The van der Waals surface area contributed by atoms with E-state index >= 15 is 0 Å². The van der Waals surface area contributed by atoms with E-state index in [2.05, 4.69) is 19.9 Å². The first-order valence-electron chi connectivity index (χ1n) is 33.4. The third-order valence-electron chi connectivity index (χ3n) is 22.4. The molecule has 6 heterocycles. The molecule has 10 aliphatic rings. The number of fused-ring (bicyclic) bond motifs is 5. The minimum absolute atomic E-state index is 0.0115. The Balaban J connectivity index is 0.926. The molecule has 38 unspecified atom stereocenters. The summed E-state index contributed by atoms with van der Waals surface area (Å²) in [6.07, 6.45) is -49.1. The topological polar surface area (TPSA) is 515 Å². The zero-order valence-electron chi connectivity index (χ0n) is 54.9. The fourth-order valence-corrected chi connectivity index (χ4v) is 17.8. The van der Waals surface area contributed by atoms with E-state index in [4.69, 9.17) is 61.0 Å². The number of carbonyl (C=O) groups is 1. The predicted molar refractivity (Wildman–Crippen MR) is 318 cm³/mol. The maximum Gasteiger partial charge on any atom is 0.397 e. The van der Waals surface area contributed by atoms with E-state index in [0.29, 0.717) is 32.1 Å². The molecular formula is C62H102O33S. The maximum atomic E-state index is 13.3. The molecule has 96 heavy (non-hydrogen) atoms. The Morgan fingerprint density at radius 2 is 1.08 bits per heavy atom. The number of allylic oxidation sites excluding steroid dienone is 2. The van der Waals surface area contributed by atoms with Gasteiger partial charge in [-0.05, 0) is 113 Å². The highest BCUT2D eigenvalue weighted by molar-refractivity contribution is 7.80. The Hall–Kier alpha value is -1.84. The van der Waals surface area contributed by atoms with Crippen LogP contribution in [-0.4, -0.2) is 316 Å². The average molecular weight is 1410 g/mol. The first-order valence-corrected chi connectivity index (χ1v) is 34.8. The highest BCUT2D eigenvalue weighted by Gasteiger charge is 2.64. The van der Waals surface area contributed by atoms with E-state index in [0.717, 1.165) is 5.57 Å². The standard InChI is InChI=1S/C62H102O33S/c1-22(2)15-26(65)18-62(8,79)36-10-9-29-28-17-32(31-16-27(95-96(80,81)82)11-13-60(31,6)30(28)12-14-61(29,36)7)87-57-49(78)51(39(68)25(5)86-57)92-58-52(93-54-45(74)42(71)37(66)23(3)84-54)41(70)35(21-83-58)90-59-53(94-55-46(75)43(72)38(67)24(4)85-55)48(77)50(34(20-64)89-59)91-56-47(76)44(73)40(69)33(19-63)88-56/h12,22-25,27-29,31-59,63-64,66-79H,9-11,13-21H2,1-8H3,(H,80,81,82). The van der Waals surface area contributed by atoms with Crippen LogP contribution in [0.4, 0.5) is 0 Å². The summed E-state index contributed by atoms with van der Waals surface area (Å²) >= 11 is 0. The van der Waals surface area contributed by atoms with Crippen molar-refractivity contribution in [3.63, 3.8) is 0 Å². The smallest absolute Gasteiger partial charge is 0.394 e. The van der Waals surface area contributed by atoms with Crippen LogP contribution in [-0.2, 0) is 76.2 Å². The van der Waals surface area contributed by atoms with Crippen molar-refractivity contribution in [3.05, 3.63) is 11.6 Å². The van der Waals surface area contributed by atoms with Gasteiger partial charge in [0, 0.05) is 12.8 Å². The number of hydrogen-bond donors (Lipinski definition) is 17. The fourth-order valence-electron chi connectivity index (χ4n) is 17.3. The van der Waals surface area contributed by atoms with Gasteiger partial charge in [-0.15, -0.1) is 0 Å². The van der Waals surface area contributed by atoms with Crippen molar-refractivity contribution < 1.29 is 160 Å². The zero-order valence-corrected chi connectivity index (χ0v) is 55.7. The number of carbonyl (C=O) groups excluding carboxylic acids is 1. The summed E-state index contributed by atoms with van der Waals surface area (Å²) in [4.78, 5) is 13.3. The van der Waals surface area contributed by atoms with Gasteiger partial charge in [0.25, 0.3) is 0 Å². The van der Waals surface area contributed by atoms with E-state index in [1.807, 2.05) is 13.8 Å². The highest BCUT2D eigenvalue weighted by Crippen LogP contribution is 2.67. The third kappa shape index (κ3) is 15.2. The summed E-state index contributed by atoms with van der Waals surface area (Å²) in [5, 5.41) is 179. The van der Waals surface area contributed by atoms with Gasteiger partial charge in [0.15, 0.2) is 37.7 Å². The summed E-state index contributed by atoms with van der Waals surface area (Å²) < 4.78 is 113. The Bertz CT molecular complexity index is 2750. The normalized spacial score (nSPS) is 51.6. The van der Waals surface area contributed by atoms with Crippen LogP contribution < -0.4 is 0 Å². The van der Waals surface area contributed by atoms with Crippen molar-refractivity contribution in [2.75, 3.05) is 19.8 Å². The molecule has 33 nitrogen and oxygen atoms in total. The third-order valence-corrected chi connectivity index (χ3v) is 22.9. The zero-order chi connectivity index (χ0) is 70.3. The van der Waals surface area contributed by atoms with Crippen molar-refractivity contribution in [1.29, 1.82) is 0 Å². The predicted octanol–water partition coefficient (Wildman–Crippen LogP) is -4.85. The molecule has 10 rings (SSSR count). The molecule has 0 spiro atoms. The molecule has 34 heteroatoms. The van der Waals surface area contributed by atoms with Crippen LogP contribution in [0, 0.1) is 40.4 Å². The van der Waals surface area contributed by atoms with Gasteiger partial charge in [-0.3, -0.25) is 9.35 Å². The van der Waals surface area contributed by atoms with Gasteiger partial charge in [-0.25, -0.2) is 4.18 Å². The molecule has 0 amide bonds. The number of rotatable bonds is 21. The molecule has 554 valence electrons. The second kappa shape index (κ2) is 30.1. The summed E-state index contributed by atoms with van der Waals surface area (Å²) in [5.74, 6) is -0.972. The lowest BCUT2D eigenvalue weighted by Gasteiger charge is -2.60. The molecule has 6 saturated heterocycles. The van der Waals surface area contributed by atoms with Crippen LogP contribution in [0.3, 0.4) is 0 Å². The van der Waals surface area contributed by atoms with E-state index in [1.165, 1.54) is 20.8 Å². The van der Waals surface area contributed by atoms with E-state index in [1.54, 1.807) is 6.92 Å². The molecule has 4 aliphatic carbocycles. The summed E-state index contributed by atoms with van der Waals surface area (Å²) in [6.45, 7) is 11.3. The van der Waals surface area contributed by atoms with Crippen LogP contribution in [0.15, 0.2) is 11.6 Å². The molecule has 0 bridgehead atoms. The molecule has 0 radical (unpaired) electrons. The van der Waals surface area contributed by atoms with Crippen LogP contribution in [0.5, 0.6) is 0 Å². The molecular weight excluding hydrogens is 1300 g/mol. The molecule has 38 atom stereocenters. The van der Waals surface area contributed by atoms with Gasteiger partial charge >= 0.3 is 10.4 Å². The number of ketones is 1. The van der Waals surface area contributed by atoms with Crippen molar-refractivity contribution in [3.8, 4) is 0 Å². The number of aliphatic hydroxyl groups is 16. The second-order valence-corrected chi connectivity index (χ2v) is 30.5. The second-order valence-electron chi connectivity index (χ2n) is 29.5. The number of hydrogen-bond acceptors (Lipinski definition) is 32. The largest absolute Gasteiger partial charge is 0.397 e. The molecule has 6 aliphatic heterocycles. The first-order chi connectivity index (χ1) is 44.9. The Morgan fingerprint density at radius 3 is 1.66 bits per heavy atom. The molecule has 0 aromatic heterocycles. The maximum absolute atomic E-state index is 13.3. The quantitative estimate of drug-likeness (QED) is 0.0379. The lowest BCUT2D eigenvalue weighted by atomic mass is 9.47. The van der Waals surface area contributed by atoms with Gasteiger partial charge < -0.3 is 139 Å². The van der Waals surface area contributed by atoms with E-state index < -0.39 is 243 Å². The van der Waals surface area contributed by atoms with Gasteiger partial charge in [-0.1, -0.05) is 39.3 Å². The number of ether oxygens (including phenoxy) is 12. The average Bonchev–Trinajstić information content (AvgIpc) is 1.33. The van der Waals surface area contributed by atoms with Crippen LogP contribution in [0.2, 0.25) is 0 Å². The van der Waals surface area contributed by atoms with Crippen LogP contribution in [0.1, 0.15) is 113 Å². The first kappa shape index (κ1) is 76.8. The Labute approximate surface area is 555 Å². The number of aliphatic hydroxyl groups excluding tert-OH is 15. The number of Topliss-reactive ketones (excluding diaryl/α,β-unsaturated/α-hetero) is 1. The Kier molecular flexibility index (Phi) is 24.1. The lowest BCUT2D eigenvalue weighted by Crippen LogP contribution is -2.68. The van der Waals surface area contributed by atoms with Gasteiger partial charge in [-0.2, -0.15) is 8.42 Å².